The summed E-state index contributed by atoms with van der Waals surface area (Å²) in [5.41, 5.74) is 3.13. The van der Waals surface area contributed by atoms with E-state index in [0.29, 0.717) is 42.1 Å². The van der Waals surface area contributed by atoms with Crippen molar-refractivity contribution in [1.29, 1.82) is 0 Å². The molecule has 0 bridgehead atoms. The number of hydrogen-bond donors (Lipinski definition) is 2. The molecule has 3 aliphatic rings. The van der Waals surface area contributed by atoms with Crippen LogP contribution in [0.2, 0.25) is 0 Å². The van der Waals surface area contributed by atoms with Crippen molar-refractivity contribution in [3.63, 3.8) is 0 Å². The monoisotopic (exact) mass is 561 g/mol. The fourth-order valence-corrected chi connectivity index (χ4v) is 5.77. The lowest BCUT2D eigenvalue weighted by Gasteiger charge is -2.39. The molecule has 1 amide bonds. The van der Waals surface area contributed by atoms with Crippen LogP contribution < -0.4 is 10.6 Å². The number of nitrogens with zero attached hydrogens (tertiary/aromatic N) is 3. The van der Waals surface area contributed by atoms with E-state index in [1.807, 2.05) is 35.2 Å². The van der Waals surface area contributed by atoms with E-state index >= 15 is 0 Å². The van der Waals surface area contributed by atoms with Gasteiger partial charge in [-0.25, -0.2) is 4.79 Å². The van der Waals surface area contributed by atoms with Crippen molar-refractivity contribution in [1.82, 2.24) is 25.3 Å². The second kappa shape index (κ2) is 12.9. The Bertz CT molecular complexity index is 1270. The molecule has 10 heteroatoms. The number of methoxy groups -OCH3 is 1. The van der Waals surface area contributed by atoms with Gasteiger partial charge in [-0.1, -0.05) is 42.5 Å². The molecular formula is C31H39N5O5. The summed E-state index contributed by atoms with van der Waals surface area (Å²) < 4.78 is 11.1. The van der Waals surface area contributed by atoms with Gasteiger partial charge >= 0.3 is 5.97 Å². The predicted molar refractivity (Wildman–Crippen MR) is 156 cm³/mol. The first-order valence-electron chi connectivity index (χ1n) is 14.2. The normalized spacial score (nSPS) is 23.9. The van der Waals surface area contributed by atoms with Gasteiger partial charge in [0, 0.05) is 38.3 Å². The smallest absolute Gasteiger partial charge is 0.337 e. The number of esters is 1. The van der Waals surface area contributed by atoms with Crippen LogP contribution in [0.25, 0.3) is 11.3 Å². The van der Waals surface area contributed by atoms with E-state index in [4.69, 9.17) is 9.47 Å². The lowest BCUT2D eigenvalue weighted by molar-refractivity contribution is -0.149. The average Bonchev–Trinajstić information content (AvgIpc) is 3.42. The number of piperazine rings is 1. The highest BCUT2D eigenvalue weighted by Crippen LogP contribution is 2.28. The van der Waals surface area contributed by atoms with Gasteiger partial charge in [0.2, 0.25) is 5.91 Å². The number of nitrogens with one attached hydrogen (secondary N) is 2. The number of allylic oxidation sites excluding steroid dienone is 1. The number of Topliss-reactive ketones (excluding diaryl/α,β-unsaturated/α-hetero) is 1. The molecule has 2 aromatic carbocycles. The van der Waals surface area contributed by atoms with Crippen LogP contribution in [0.3, 0.4) is 0 Å². The van der Waals surface area contributed by atoms with Gasteiger partial charge < -0.3 is 24.6 Å². The van der Waals surface area contributed by atoms with E-state index in [2.05, 4.69) is 27.5 Å². The summed E-state index contributed by atoms with van der Waals surface area (Å²) in [6.45, 7) is 6.66. The molecule has 5 rings (SSSR count). The highest BCUT2D eigenvalue weighted by atomic mass is 16.5. The Hall–Kier alpha value is -3.57. The zero-order chi connectivity index (χ0) is 28.9. The Morgan fingerprint density at radius 3 is 2.29 bits per heavy atom. The minimum atomic E-state index is -0.433. The molecular weight excluding hydrogens is 522 g/mol. The number of carbonyl (C=O) groups is 3. The molecule has 218 valence electrons. The van der Waals surface area contributed by atoms with E-state index in [0.717, 1.165) is 38.2 Å². The van der Waals surface area contributed by atoms with Crippen molar-refractivity contribution in [3.05, 3.63) is 71.3 Å². The average molecular weight is 562 g/mol. The van der Waals surface area contributed by atoms with Crippen LogP contribution in [0.4, 0.5) is 0 Å². The van der Waals surface area contributed by atoms with Crippen LogP contribution in [0.1, 0.15) is 34.8 Å². The van der Waals surface area contributed by atoms with Crippen molar-refractivity contribution in [3.8, 4) is 0 Å². The molecule has 0 spiro atoms. The zero-order valence-corrected chi connectivity index (χ0v) is 24.0. The number of carbonyl (C=O) groups excluding carboxylic acids is 3. The second-order valence-electron chi connectivity index (χ2n) is 10.9. The third kappa shape index (κ3) is 6.68. The van der Waals surface area contributed by atoms with Crippen molar-refractivity contribution in [2.75, 3.05) is 60.0 Å². The van der Waals surface area contributed by atoms with Crippen molar-refractivity contribution in [2.24, 2.45) is 0 Å². The van der Waals surface area contributed by atoms with E-state index < -0.39 is 5.97 Å². The van der Waals surface area contributed by atoms with Gasteiger partial charge in [0.1, 0.15) is 12.4 Å². The minimum Gasteiger partial charge on any atom is -0.465 e. The highest BCUT2D eigenvalue weighted by molar-refractivity contribution is 6.26. The first kappa shape index (κ1) is 28.9. The highest BCUT2D eigenvalue weighted by Gasteiger charge is 2.42. The third-order valence-corrected chi connectivity index (χ3v) is 8.03. The van der Waals surface area contributed by atoms with E-state index in [9.17, 15) is 14.4 Å². The fraction of sp³-hybridized carbons (Fsp3) is 0.452. The van der Waals surface area contributed by atoms with Gasteiger partial charge in [0.25, 0.3) is 0 Å². The summed E-state index contributed by atoms with van der Waals surface area (Å²) in [7, 11) is 3.44. The quantitative estimate of drug-likeness (QED) is 0.283. The number of ether oxygens (including phenoxy) is 2. The number of fused-ring (bicyclic) bond motifs is 1. The predicted octanol–water partition coefficient (Wildman–Crippen LogP) is 1.64. The van der Waals surface area contributed by atoms with Gasteiger partial charge in [0.15, 0.2) is 5.78 Å². The Morgan fingerprint density at radius 1 is 0.951 bits per heavy atom. The number of benzene rings is 2. The minimum absolute atomic E-state index is 0.0187. The van der Waals surface area contributed by atoms with Gasteiger partial charge in [-0.05, 0) is 43.7 Å². The van der Waals surface area contributed by atoms with E-state index in [1.165, 1.54) is 14.0 Å². The maximum atomic E-state index is 13.2. The number of ketones is 1. The van der Waals surface area contributed by atoms with Crippen molar-refractivity contribution in [2.45, 2.75) is 31.8 Å². The van der Waals surface area contributed by atoms with Gasteiger partial charge in [-0.2, -0.15) is 0 Å². The lowest BCUT2D eigenvalue weighted by Crippen LogP contribution is -2.61. The summed E-state index contributed by atoms with van der Waals surface area (Å²) in [6.07, 6.45) is 0.203. The maximum absolute atomic E-state index is 13.2. The molecule has 3 aliphatic heterocycles. The first-order valence-corrected chi connectivity index (χ1v) is 14.2. The summed E-state index contributed by atoms with van der Waals surface area (Å²) >= 11 is 0. The number of amides is 1. The Morgan fingerprint density at radius 2 is 1.63 bits per heavy atom. The fourth-order valence-electron chi connectivity index (χ4n) is 5.77. The molecule has 3 unspecified atom stereocenters. The molecule has 3 atom stereocenters. The summed E-state index contributed by atoms with van der Waals surface area (Å²) in [5.74, 6) is -0.440. The molecule has 10 nitrogen and oxygen atoms in total. The number of likely N-dealkylation sites (tertiary alicyclic amines) is 1. The molecule has 3 saturated heterocycles. The molecule has 0 radical (unpaired) electrons. The van der Waals surface area contributed by atoms with Crippen LogP contribution >= 0.6 is 0 Å². The van der Waals surface area contributed by atoms with Crippen LogP contribution in [0.15, 0.2) is 54.6 Å². The largest absolute Gasteiger partial charge is 0.465 e. The van der Waals surface area contributed by atoms with Gasteiger partial charge in [-0.3, -0.25) is 19.8 Å². The number of likely N-dealkylation sites (N-methyl/N-ethyl adjacent to an activating group) is 1. The molecule has 0 aromatic heterocycles. The second-order valence-corrected chi connectivity index (χ2v) is 10.9. The summed E-state index contributed by atoms with van der Waals surface area (Å²) in [6, 6.07) is 16.5. The van der Waals surface area contributed by atoms with Crippen LogP contribution in [-0.2, 0) is 19.1 Å². The van der Waals surface area contributed by atoms with Crippen LogP contribution in [0, 0.1) is 0 Å². The van der Waals surface area contributed by atoms with Crippen molar-refractivity contribution < 1.29 is 23.9 Å². The Labute approximate surface area is 241 Å². The third-order valence-electron chi connectivity index (χ3n) is 8.03. The molecule has 2 N–H and O–H groups in total. The topological polar surface area (TPSA) is 103 Å². The van der Waals surface area contributed by atoms with Gasteiger partial charge in [0.05, 0.1) is 37.6 Å². The number of hydrogen-bond acceptors (Lipinski definition) is 9. The number of morpholine rings is 1. The standard InChI is InChI=1S/C31H39N5O5/c1-21(37)28(22-9-11-24(12-10-22)31(39)40-3)29(23-7-5-4-6-8-23)33-26-20-41-30-25(32-26)13-14-36(30)27(38)19-35-17-15-34(2)16-18-35/h4-12,25-26,30,32-33H,13-20H2,1-3H3/b29-28+. The Balaban J connectivity index is 1.33. The first-order chi connectivity index (χ1) is 19.8. The summed E-state index contributed by atoms with van der Waals surface area (Å²) in [5, 5.41) is 7.17. The van der Waals surface area contributed by atoms with Crippen LogP contribution in [-0.4, -0.2) is 111 Å². The maximum Gasteiger partial charge on any atom is 0.337 e. The van der Waals surface area contributed by atoms with E-state index in [1.54, 1.807) is 24.3 Å². The van der Waals surface area contributed by atoms with Crippen molar-refractivity contribution >= 4 is 28.9 Å². The molecule has 0 aliphatic carbocycles. The lowest BCUT2D eigenvalue weighted by atomic mass is 9.95. The molecule has 0 saturated carbocycles. The number of rotatable bonds is 8. The summed E-state index contributed by atoms with van der Waals surface area (Å²) in [4.78, 5) is 44.6. The van der Waals surface area contributed by atoms with E-state index in [-0.39, 0.29) is 30.1 Å². The molecule has 3 heterocycles. The Kier molecular flexibility index (Phi) is 9.14. The molecule has 3 fully saturated rings. The van der Waals surface area contributed by atoms with Crippen LogP contribution in [0.5, 0.6) is 0 Å². The SMILES string of the molecule is COC(=O)c1ccc(/C(C(C)=O)=C(/NC2COC3C(CCN3C(=O)CN3CCN(C)CC3)N2)c2ccccc2)cc1. The van der Waals surface area contributed by atoms with Gasteiger partial charge in [-0.15, -0.1) is 0 Å². The molecule has 41 heavy (non-hydrogen) atoms. The molecule has 2 aromatic rings. The zero-order valence-electron chi connectivity index (χ0n) is 24.0.